The molecule has 2 heterocycles. The van der Waals surface area contributed by atoms with Crippen molar-refractivity contribution in [2.75, 3.05) is 0 Å². The van der Waals surface area contributed by atoms with E-state index >= 15 is 0 Å². The number of aromatic amines is 1. The number of esters is 1. The minimum atomic E-state index is -0.642. The summed E-state index contributed by atoms with van der Waals surface area (Å²) in [4.78, 5) is 12.2. The van der Waals surface area contributed by atoms with Crippen LogP contribution in [0, 0.1) is 0 Å². The summed E-state index contributed by atoms with van der Waals surface area (Å²) in [5.41, 5.74) is -0.693. The lowest BCUT2D eigenvalue weighted by atomic mass is 9.79. The zero-order valence-electron chi connectivity index (χ0n) is 13.7. The minimum absolute atomic E-state index is 0.267. The second kappa shape index (κ2) is 4.85. The smallest absolute Gasteiger partial charge is 0.455 e. The van der Waals surface area contributed by atoms with E-state index in [4.69, 9.17) is 14.0 Å². The molecule has 0 atom stereocenters. The second-order valence-electron chi connectivity index (χ2n) is 7.29. The number of nitrogens with zero attached hydrogens (tertiary/aromatic N) is 1. The Morgan fingerprint density at radius 3 is 2.24 bits per heavy atom. The summed E-state index contributed by atoms with van der Waals surface area (Å²) in [5.74, 6) is -0.468. The van der Waals surface area contributed by atoms with Gasteiger partial charge in [0.25, 0.3) is 0 Å². The molecule has 1 aliphatic rings. The number of rotatable bonds is 2. The van der Waals surface area contributed by atoms with Gasteiger partial charge in [-0.05, 0) is 48.5 Å². The fourth-order valence-electron chi connectivity index (χ4n) is 1.94. The van der Waals surface area contributed by atoms with E-state index in [1.54, 1.807) is 6.20 Å². The van der Waals surface area contributed by atoms with Crippen LogP contribution in [-0.2, 0) is 14.0 Å². The van der Waals surface area contributed by atoms with Crippen molar-refractivity contribution in [3.05, 3.63) is 11.9 Å². The Kier molecular flexibility index (Phi) is 3.70. The first-order chi connectivity index (χ1) is 9.43. The number of H-pyrrole nitrogens is 1. The molecule has 0 radical (unpaired) electrons. The molecule has 21 heavy (non-hydrogen) atoms. The van der Waals surface area contributed by atoms with Gasteiger partial charge in [0, 0.05) is 11.7 Å². The van der Waals surface area contributed by atoms with Crippen molar-refractivity contribution in [3.63, 3.8) is 0 Å². The first-order valence-corrected chi connectivity index (χ1v) is 7.05. The summed E-state index contributed by atoms with van der Waals surface area (Å²) >= 11 is 0. The number of hydrogen-bond donors (Lipinski definition) is 1. The third-order valence-corrected chi connectivity index (χ3v) is 3.78. The molecule has 0 unspecified atom stereocenters. The van der Waals surface area contributed by atoms with Crippen LogP contribution >= 0.6 is 0 Å². The van der Waals surface area contributed by atoms with Crippen LogP contribution in [0.5, 0.6) is 0 Å². The van der Waals surface area contributed by atoms with E-state index in [2.05, 4.69) is 10.2 Å². The molecule has 6 nitrogen and oxygen atoms in total. The van der Waals surface area contributed by atoms with Gasteiger partial charge >= 0.3 is 13.1 Å². The minimum Gasteiger partial charge on any atom is -0.455 e. The normalized spacial score (nSPS) is 20.6. The van der Waals surface area contributed by atoms with E-state index in [0.717, 1.165) is 0 Å². The SMILES string of the molecule is CC(C)(C)OC(=O)c1[nH]ncc1B1OC(C)(C)C(C)(C)O1. The molecule has 7 heteroatoms. The quantitative estimate of drug-likeness (QED) is 0.663. The van der Waals surface area contributed by atoms with Crippen LogP contribution in [0.4, 0.5) is 0 Å². The maximum absolute atomic E-state index is 12.2. The van der Waals surface area contributed by atoms with E-state index in [1.165, 1.54) is 0 Å². The van der Waals surface area contributed by atoms with Crippen LogP contribution in [0.15, 0.2) is 6.20 Å². The molecule has 1 N–H and O–H groups in total. The molecule has 0 amide bonds. The van der Waals surface area contributed by atoms with Gasteiger partial charge in [0.2, 0.25) is 0 Å². The van der Waals surface area contributed by atoms with Crippen molar-refractivity contribution in [2.45, 2.75) is 65.3 Å². The topological polar surface area (TPSA) is 73.4 Å². The number of carbonyl (C=O) groups excluding carboxylic acids is 1. The summed E-state index contributed by atoms with van der Waals surface area (Å²) in [7, 11) is -0.642. The maximum Gasteiger partial charge on any atom is 0.498 e. The molecule has 1 saturated heterocycles. The van der Waals surface area contributed by atoms with Crippen molar-refractivity contribution in [1.82, 2.24) is 10.2 Å². The van der Waals surface area contributed by atoms with E-state index < -0.39 is 29.9 Å². The van der Waals surface area contributed by atoms with Crippen molar-refractivity contribution in [2.24, 2.45) is 0 Å². The molecule has 1 aromatic rings. The first-order valence-electron chi connectivity index (χ1n) is 7.05. The summed E-state index contributed by atoms with van der Waals surface area (Å²) in [6.07, 6.45) is 1.54. The van der Waals surface area contributed by atoms with Crippen molar-refractivity contribution in [3.8, 4) is 0 Å². The molecule has 0 aliphatic carbocycles. The van der Waals surface area contributed by atoms with Crippen LogP contribution in [0.3, 0.4) is 0 Å². The molecule has 0 bridgehead atoms. The Balaban J connectivity index is 2.25. The molecule has 0 spiro atoms. The predicted octanol–water partition coefficient (Wildman–Crippen LogP) is 1.66. The standard InChI is InChI=1S/C14H23BN2O4/c1-12(2,3)19-11(18)10-9(8-16-17-10)15-20-13(4,5)14(6,7)21-15/h8H,1-7H3,(H,16,17). The maximum atomic E-state index is 12.2. The number of hydrogen-bond acceptors (Lipinski definition) is 5. The van der Waals surface area contributed by atoms with Crippen LogP contribution < -0.4 is 5.46 Å². The summed E-state index contributed by atoms with van der Waals surface area (Å²) in [5, 5.41) is 6.60. The molecule has 0 saturated carbocycles. The highest BCUT2D eigenvalue weighted by Gasteiger charge is 2.53. The van der Waals surface area contributed by atoms with Crippen LogP contribution in [0.1, 0.15) is 59.0 Å². The van der Waals surface area contributed by atoms with Crippen molar-refractivity contribution >= 4 is 18.6 Å². The Morgan fingerprint density at radius 1 is 1.24 bits per heavy atom. The average molecular weight is 294 g/mol. The second-order valence-corrected chi connectivity index (χ2v) is 7.29. The van der Waals surface area contributed by atoms with Crippen molar-refractivity contribution in [1.29, 1.82) is 0 Å². The lowest BCUT2D eigenvalue weighted by molar-refractivity contribution is 0.00578. The van der Waals surface area contributed by atoms with Gasteiger partial charge in [0.05, 0.1) is 11.2 Å². The third kappa shape index (κ3) is 3.13. The summed E-state index contributed by atoms with van der Waals surface area (Å²) < 4.78 is 17.2. The lowest BCUT2D eigenvalue weighted by Crippen LogP contribution is -2.41. The van der Waals surface area contributed by atoms with Gasteiger partial charge in [0.15, 0.2) is 0 Å². The Morgan fingerprint density at radius 2 is 1.76 bits per heavy atom. The monoisotopic (exact) mass is 294 g/mol. The Labute approximate surface area is 125 Å². The van der Waals surface area contributed by atoms with Gasteiger partial charge in [-0.2, -0.15) is 5.10 Å². The van der Waals surface area contributed by atoms with Gasteiger partial charge in [-0.3, -0.25) is 5.10 Å². The Hall–Kier alpha value is -1.34. The molecular formula is C14H23BN2O4. The largest absolute Gasteiger partial charge is 0.498 e. The van der Waals surface area contributed by atoms with Crippen LogP contribution in [0.25, 0.3) is 0 Å². The van der Waals surface area contributed by atoms with Crippen LogP contribution in [0.2, 0.25) is 0 Å². The molecule has 1 fully saturated rings. The first kappa shape index (κ1) is 16.0. The lowest BCUT2D eigenvalue weighted by Gasteiger charge is -2.32. The van der Waals surface area contributed by atoms with E-state index in [9.17, 15) is 4.79 Å². The summed E-state index contributed by atoms with van der Waals surface area (Å²) in [6.45, 7) is 13.3. The number of ether oxygens (including phenoxy) is 1. The van der Waals surface area contributed by atoms with Gasteiger partial charge < -0.3 is 14.0 Å². The number of aromatic nitrogens is 2. The van der Waals surface area contributed by atoms with E-state index in [0.29, 0.717) is 5.46 Å². The molecule has 116 valence electrons. The number of carbonyl (C=O) groups is 1. The summed E-state index contributed by atoms with van der Waals surface area (Å²) in [6, 6.07) is 0. The van der Waals surface area contributed by atoms with Gasteiger partial charge in [-0.15, -0.1) is 0 Å². The molecule has 0 aromatic carbocycles. The molecular weight excluding hydrogens is 271 g/mol. The fraction of sp³-hybridized carbons (Fsp3) is 0.714. The third-order valence-electron chi connectivity index (χ3n) is 3.78. The van der Waals surface area contributed by atoms with E-state index in [-0.39, 0.29) is 5.69 Å². The van der Waals surface area contributed by atoms with E-state index in [1.807, 2.05) is 48.5 Å². The molecule has 1 aromatic heterocycles. The molecule has 2 rings (SSSR count). The highest BCUT2D eigenvalue weighted by atomic mass is 16.7. The zero-order chi connectivity index (χ0) is 16.1. The highest BCUT2D eigenvalue weighted by molar-refractivity contribution is 6.63. The van der Waals surface area contributed by atoms with Gasteiger partial charge in [-0.1, -0.05) is 0 Å². The van der Waals surface area contributed by atoms with Gasteiger partial charge in [-0.25, -0.2) is 4.79 Å². The average Bonchev–Trinajstić information content (AvgIpc) is 2.79. The highest BCUT2D eigenvalue weighted by Crippen LogP contribution is 2.36. The predicted molar refractivity (Wildman–Crippen MR) is 79.5 cm³/mol. The zero-order valence-corrected chi connectivity index (χ0v) is 13.7. The molecule has 1 aliphatic heterocycles. The number of nitrogens with one attached hydrogen (secondary N) is 1. The van der Waals surface area contributed by atoms with Crippen molar-refractivity contribution < 1.29 is 18.8 Å². The van der Waals surface area contributed by atoms with Crippen LogP contribution in [-0.4, -0.2) is 40.1 Å². The fourth-order valence-corrected chi connectivity index (χ4v) is 1.94. The van der Waals surface area contributed by atoms with Gasteiger partial charge in [0.1, 0.15) is 11.3 Å². The Bertz CT molecular complexity index is 529.